The maximum atomic E-state index is 5.38. The standard InChI is InChI=1S/C22H38N4O2.HI/c1-4-23-22(24-13-6-16-28-5-2)25-17-19-11-14-26(15-12-19)18-20-7-9-21(27-3)10-8-20;/h7-10,19H,4-6,11-18H2,1-3H3,(H2,23,24,25);1H. The zero-order valence-corrected chi connectivity index (χ0v) is 20.6. The Morgan fingerprint density at radius 2 is 1.86 bits per heavy atom. The van der Waals surface area contributed by atoms with Gasteiger partial charge in [0.2, 0.25) is 0 Å². The van der Waals surface area contributed by atoms with E-state index in [9.17, 15) is 0 Å². The van der Waals surface area contributed by atoms with E-state index in [1.165, 1.54) is 18.4 Å². The van der Waals surface area contributed by atoms with Gasteiger partial charge in [-0.15, -0.1) is 24.0 Å². The lowest BCUT2D eigenvalue weighted by Crippen LogP contribution is -2.39. The van der Waals surface area contributed by atoms with Gasteiger partial charge in [0.25, 0.3) is 0 Å². The Labute approximate surface area is 193 Å². The van der Waals surface area contributed by atoms with Crippen LogP contribution in [0, 0.1) is 5.92 Å². The summed E-state index contributed by atoms with van der Waals surface area (Å²) >= 11 is 0. The zero-order chi connectivity index (χ0) is 20.0. The molecule has 0 aromatic heterocycles. The van der Waals surface area contributed by atoms with E-state index in [-0.39, 0.29) is 24.0 Å². The number of methoxy groups -OCH3 is 1. The Balaban J connectivity index is 0.00000420. The Morgan fingerprint density at radius 3 is 2.48 bits per heavy atom. The first-order chi connectivity index (χ1) is 13.7. The Bertz CT molecular complexity index is 560. The number of nitrogens with zero attached hydrogens (tertiary/aromatic N) is 2. The molecule has 2 rings (SSSR count). The first kappa shape index (κ1) is 26.0. The SMILES string of the molecule is CCNC(=NCC1CCN(Cc2ccc(OC)cc2)CC1)NCCCOCC.I. The van der Waals surface area contributed by atoms with Crippen LogP contribution in [0.25, 0.3) is 0 Å². The number of aliphatic imine (C=N–C) groups is 1. The van der Waals surface area contributed by atoms with E-state index in [0.717, 1.165) is 70.6 Å². The molecule has 1 saturated heterocycles. The lowest BCUT2D eigenvalue weighted by molar-refractivity contribution is 0.145. The highest BCUT2D eigenvalue weighted by molar-refractivity contribution is 14.0. The van der Waals surface area contributed by atoms with Gasteiger partial charge < -0.3 is 20.1 Å². The molecule has 2 N–H and O–H groups in total. The Hall–Kier alpha value is -1.06. The second-order valence-corrected chi connectivity index (χ2v) is 7.26. The van der Waals surface area contributed by atoms with E-state index in [4.69, 9.17) is 14.5 Å². The molecule has 0 bridgehead atoms. The zero-order valence-electron chi connectivity index (χ0n) is 18.3. The lowest BCUT2D eigenvalue weighted by atomic mass is 9.96. The van der Waals surface area contributed by atoms with Gasteiger partial charge in [0.15, 0.2) is 5.96 Å². The molecule has 6 nitrogen and oxygen atoms in total. The number of ether oxygens (including phenoxy) is 2. The number of piperidine rings is 1. The van der Waals surface area contributed by atoms with Crippen LogP contribution in [-0.2, 0) is 11.3 Å². The van der Waals surface area contributed by atoms with E-state index in [2.05, 4.69) is 34.6 Å². The van der Waals surface area contributed by atoms with Crippen molar-refractivity contribution in [1.29, 1.82) is 0 Å². The third kappa shape index (κ3) is 10.5. The monoisotopic (exact) mass is 518 g/mol. The van der Waals surface area contributed by atoms with Crippen LogP contribution in [0.4, 0.5) is 0 Å². The average Bonchev–Trinajstić information content (AvgIpc) is 2.73. The van der Waals surface area contributed by atoms with Crippen LogP contribution in [0.1, 0.15) is 38.7 Å². The van der Waals surface area contributed by atoms with E-state index >= 15 is 0 Å². The molecule has 1 aliphatic heterocycles. The summed E-state index contributed by atoms with van der Waals surface area (Å²) in [6.07, 6.45) is 3.43. The summed E-state index contributed by atoms with van der Waals surface area (Å²) in [4.78, 5) is 7.35. The van der Waals surface area contributed by atoms with Crippen LogP contribution in [-0.4, -0.2) is 63.9 Å². The highest BCUT2D eigenvalue weighted by atomic mass is 127. The van der Waals surface area contributed by atoms with Gasteiger partial charge >= 0.3 is 0 Å². The van der Waals surface area contributed by atoms with Crippen molar-refractivity contribution in [3.05, 3.63) is 29.8 Å². The molecule has 1 aromatic carbocycles. The summed E-state index contributed by atoms with van der Waals surface area (Å²) in [7, 11) is 1.71. The molecular formula is C22H39IN4O2. The fourth-order valence-electron chi connectivity index (χ4n) is 3.40. The fraction of sp³-hybridized carbons (Fsp3) is 0.682. The summed E-state index contributed by atoms with van der Waals surface area (Å²) in [6.45, 7) is 11.7. The van der Waals surface area contributed by atoms with E-state index in [1.807, 2.05) is 19.1 Å². The molecule has 0 aliphatic carbocycles. The van der Waals surface area contributed by atoms with Gasteiger partial charge in [-0.1, -0.05) is 12.1 Å². The highest BCUT2D eigenvalue weighted by Gasteiger charge is 2.19. The molecule has 29 heavy (non-hydrogen) atoms. The van der Waals surface area contributed by atoms with Crippen molar-refractivity contribution in [2.45, 2.75) is 39.7 Å². The molecule has 0 atom stereocenters. The molecule has 0 amide bonds. The largest absolute Gasteiger partial charge is 0.497 e. The maximum Gasteiger partial charge on any atom is 0.191 e. The molecule has 1 heterocycles. The van der Waals surface area contributed by atoms with Gasteiger partial charge in [0.1, 0.15) is 5.75 Å². The van der Waals surface area contributed by atoms with Gasteiger partial charge in [-0.2, -0.15) is 0 Å². The number of rotatable bonds is 11. The van der Waals surface area contributed by atoms with Crippen molar-refractivity contribution >= 4 is 29.9 Å². The molecule has 1 aromatic rings. The van der Waals surface area contributed by atoms with Gasteiger partial charge in [-0.25, -0.2) is 0 Å². The second-order valence-electron chi connectivity index (χ2n) is 7.26. The third-order valence-corrected chi connectivity index (χ3v) is 5.09. The smallest absolute Gasteiger partial charge is 0.191 e. The Kier molecular flexibility index (Phi) is 14.1. The molecule has 7 heteroatoms. The lowest BCUT2D eigenvalue weighted by Gasteiger charge is -2.31. The van der Waals surface area contributed by atoms with E-state index < -0.39 is 0 Å². The second kappa shape index (κ2) is 15.7. The normalized spacial score (nSPS) is 15.6. The summed E-state index contributed by atoms with van der Waals surface area (Å²) in [5.41, 5.74) is 1.35. The maximum absolute atomic E-state index is 5.38. The van der Waals surface area contributed by atoms with Crippen molar-refractivity contribution in [2.75, 3.05) is 53.0 Å². The molecule has 0 radical (unpaired) electrons. The van der Waals surface area contributed by atoms with Crippen molar-refractivity contribution in [3.8, 4) is 5.75 Å². The third-order valence-electron chi connectivity index (χ3n) is 5.09. The van der Waals surface area contributed by atoms with Crippen LogP contribution in [0.2, 0.25) is 0 Å². The summed E-state index contributed by atoms with van der Waals surface area (Å²) in [5.74, 6) is 2.52. The minimum atomic E-state index is 0. The predicted molar refractivity (Wildman–Crippen MR) is 132 cm³/mol. The van der Waals surface area contributed by atoms with Crippen LogP contribution in [0.15, 0.2) is 29.3 Å². The fourth-order valence-corrected chi connectivity index (χ4v) is 3.40. The van der Waals surface area contributed by atoms with Crippen molar-refractivity contribution in [3.63, 3.8) is 0 Å². The van der Waals surface area contributed by atoms with Crippen molar-refractivity contribution in [2.24, 2.45) is 10.9 Å². The number of guanidine groups is 1. The van der Waals surface area contributed by atoms with Gasteiger partial charge in [-0.3, -0.25) is 9.89 Å². The van der Waals surface area contributed by atoms with Crippen molar-refractivity contribution < 1.29 is 9.47 Å². The molecule has 0 saturated carbocycles. The minimum Gasteiger partial charge on any atom is -0.497 e. The van der Waals surface area contributed by atoms with Crippen LogP contribution >= 0.6 is 24.0 Å². The quantitative estimate of drug-likeness (QED) is 0.203. The van der Waals surface area contributed by atoms with Crippen LogP contribution in [0.5, 0.6) is 5.75 Å². The first-order valence-electron chi connectivity index (χ1n) is 10.7. The number of hydrogen-bond donors (Lipinski definition) is 2. The minimum absolute atomic E-state index is 0. The molecule has 1 aliphatic rings. The van der Waals surface area contributed by atoms with Gasteiger partial charge in [-0.05, 0) is 69.8 Å². The predicted octanol–water partition coefficient (Wildman–Crippen LogP) is 3.51. The van der Waals surface area contributed by atoms with E-state index in [1.54, 1.807) is 7.11 Å². The van der Waals surface area contributed by atoms with E-state index in [0.29, 0.717) is 5.92 Å². The average molecular weight is 518 g/mol. The molecule has 166 valence electrons. The summed E-state index contributed by atoms with van der Waals surface area (Å²) < 4.78 is 10.6. The summed E-state index contributed by atoms with van der Waals surface area (Å²) in [5, 5.41) is 6.75. The number of benzene rings is 1. The Morgan fingerprint density at radius 1 is 1.14 bits per heavy atom. The van der Waals surface area contributed by atoms with Crippen LogP contribution in [0.3, 0.4) is 0 Å². The highest BCUT2D eigenvalue weighted by Crippen LogP contribution is 2.20. The number of nitrogens with one attached hydrogen (secondary N) is 2. The topological polar surface area (TPSA) is 58.1 Å². The van der Waals surface area contributed by atoms with Gasteiger partial charge in [0, 0.05) is 39.4 Å². The summed E-state index contributed by atoms with van der Waals surface area (Å²) in [6, 6.07) is 8.41. The number of likely N-dealkylation sites (tertiary alicyclic amines) is 1. The van der Waals surface area contributed by atoms with Crippen LogP contribution < -0.4 is 15.4 Å². The molecule has 1 fully saturated rings. The molecule has 0 spiro atoms. The number of halogens is 1. The molecule has 0 unspecified atom stereocenters. The first-order valence-corrected chi connectivity index (χ1v) is 10.7. The van der Waals surface area contributed by atoms with Crippen molar-refractivity contribution in [1.82, 2.24) is 15.5 Å². The van der Waals surface area contributed by atoms with Gasteiger partial charge in [0.05, 0.1) is 7.11 Å². The number of hydrogen-bond acceptors (Lipinski definition) is 4. The molecular weight excluding hydrogens is 479 g/mol.